The van der Waals surface area contributed by atoms with Crippen molar-refractivity contribution in [1.82, 2.24) is 0 Å². The monoisotopic (exact) mass is 385 g/mol. The average molecular weight is 385 g/mol. The van der Waals surface area contributed by atoms with Gasteiger partial charge in [0.1, 0.15) is 5.75 Å². The standard InChI is InChI=1S/C21H23NO6/c1-12-6-7-13(2)18(8-12)22-19(23)14(3)28-17-10-15(20(24)26-4)9-16(11-17)21(25)27-5/h6-11,14H,1-5H3,(H,22,23)/t14-/m0/s1. The highest BCUT2D eigenvalue weighted by Crippen LogP contribution is 2.21. The summed E-state index contributed by atoms with van der Waals surface area (Å²) < 4.78 is 15.0. The third-order valence-corrected chi connectivity index (χ3v) is 4.08. The van der Waals surface area contributed by atoms with Gasteiger partial charge in [0.2, 0.25) is 0 Å². The summed E-state index contributed by atoms with van der Waals surface area (Å²) in [7, 11) is 2.46. The van der Waals surface area contributed by atoms with E-state index in [2.05, 4.69) is 14.8 Å². The van der Waals surface area contributed by atoms with E-state index in [0.29, 0.717) is 5.69 Å². The molecule has 0 fully saturated rings. The van der Waals surface area contributed by atoms with Crippen LogP contribution < -0.4 is 10.1 Å². The van der Waals surface area contributed by atoms with Gasteiger partial charge in [0.15, 0.2) is 6.10 Å². The van der Waals surface area contributed by atoms with Crippen molar-refractivity contribution in [3.63, 3.8) is 0 Å². The van der Waals surface area contributed by atoms with Gasteiger partial charge >= 0.3 is 11.9 Å². The van der Waals surface area contributed by atoms with Gasteiger partial charge < -0.3 is 19.5 Å². The predicted molar refractivity (Wildman–Crippen MR) is 104 cm³/mol. The van der Waals surface area contributed by atoms with Crippen molar-refractivity contribution < 1.29 is 28.6 Å². The van der Waals surface area contributed by atoms with Crippen molar-refractivity contribution in [2.75, 3.05) is 19.5 Å². The lowest BCUT2D eigenvalue weighted by molar-refractivity contribution is -0.122. The summed E-state index contributed by atoms with van der Waals surface area (Å²) in [5.74, 6) is -1.46. The highest BCUT2D eigenvalue weighted by molar-refractivity contribution is 5.97. The Labute approximate surface area is 163 Å². The zero-order chi connectivity index (χ0) is 20.8. The minimum atomic E-state index is -0.877. The second-order valence-corrected chi connectivity index (χ2v) is 6.30. The van der Waals surface area contributed by atoms with Gasteiger partial charge in [-0.05, 0) is 56.2 Å². The van der Waals surface area contributed by atoms with Gasteiger partial charge in [-0.15, -0.1) is 0 Å². The Morgan fingerprint density at radius 3 is 2.00 bits per heavy atom. The van der Waals surface area contributed by atoms with Crippen molar-refractivity contribution >= 4 is 23.5 Å². The zero-order valence-electron chi connectivity index (χ0n) is 16.5. The first kappa shape index (κ1) is 21.0. The van der Waals surface area contributed by atoms with Gasteiger partial charge in [-0.2, -0.15) is 0 Å². The molecular formula is C21H23NO6. The summed E-state index contributed by atoms with van der Waals surface area (Å²) in [6.45, 7) is 5.40. The van der Waals surface area contributed by atoms with E-state index in [9.17, 15) is 14.4 Å². The summed E-state index contributed by atoms with van der Waals surface area (Å²) in [6, 6.07) is 9.88. The molecule has 0 aromatic heterocycles. The van der Waals surface area contributed by atoms with E-state index in [1.807, 2.05) is 32.0 Å². The second kappa shape index (κ2) is 9.03. The fourth-order valence-electron chi connectivity index (χ4n) is 2.50. The number of carbonyl (C=O) groups is 3. The number of ether oxygens (including phenoxy) is 3. The molecule has 1 amide bonds. The number of amides is 1. The highest BCUT2D eigenvalue weighted by Gasteiger charge is 2.19. The molecule has 7 heteroatoms. The van der Waals surface area contributed by atoms with E-state index in [0.717, 1.165) is 11.1 Å². The van der Waals surface area contributed by atoms with Gasteiger partial charge in [-0.3, -0.25) is 4.79 Å². The molecule has 0 saturated carbocycles. The van der Waals surface area contributed by atoms with Crippen LogP contribution in [0.2, 0.25) is 0 Å². The third-order valence-electron chi connectivity index (χ3n) is 4.08. The van der Waals surface area contributed by atoms with Crippen LogP contribution >= 0.6 is 0 Å². The summed E-state index contributed by atoms with van der Waals surface area (Å²) in [5, 5.41) is 2.82. The molecule has 148 valence electrons. The first-order chi connectivity index (χ1) is 13.2. The van der Waals surface area contributed by atoms with E-state index in [4.69, 9.17) is 4.74 Å². The van der Waals surface area contributed by atoms with Crippen LogP contribution in [0.5, 0.6) is 5.75 Å². The van der Waals surface area contributed by atoms with Gasteiger partial charge in [-0.1, -0.05) is 12.1 Å². The number of rotatable bonds is 6. The molecule has 2 aromatic rings. The summed E-state index contributed by atoms with van der Waals surface area (Å²) in [5.41, 5.74) is 2.86. The Balaban J connectivity index is 2.22. The molecule has 0 unspecified atom stereocenters. The van der Waals surface area contributed by atoms with Crippen molar-refractivity contribution in [2.24, 2.45) is 0 Å². The number of aryl methyl sites for hydroxylation is 2. The molecule has 2 rings (SSSR count). The Morgan fingerprint density at radius 1 is 0.893 bits per heavy atom. The Bertz CT molecular complexity index is 872. The maximum absolute atomic E-state index is 12.5. The molecule has 7 nitrogen and oxygen atoms in total. The number of hydrogen-bond acceptors (Lipinski definition) is 6. The number of methoxy groups -OCH3 is 2. The summed E-state index contributed by atoms with van der Waals surface area (Å²) >= 11 is 0. The van der Waals surface area contributed by atoms with Crippen molar-refractivity contribution in [2.45, 2.75) is 26.9 Å². The van der Waals surface area contributed by atoms with Crippen molar-refractivity contribution in [1.29, 1.82) is 0 Å². The lowest BCUT2D eigenvalue weighted by Gasteiger charge is -2.17. The van der Waals surface area contributed by atoms with Crippen LogP contribution in [0.4, 0.5) is 5.69 Å². The molecule has 1 N–H and O–H groups in total. The van der Waals surface area contributed by atoms with Crippen molar-refractivity contribution in [3.8, 4) is 5.75 Å². The highest BCUT2D eigenvalue weighted by atomic mass is 16.5. The van der Waals surface area contributed by atoms with Crippen LogP contribution in [0.25, 0.3) is 0 Å². The molecule has 0 aliphatic heterocycles. The number of esters is 2. The number of carbonyl (C=O) groups excluding carboxylic acids is 3. The molecule has 28 heavy (non-hydrogen) atoms. The van der Waals surface area contributed by atoms with Crippen LogP contribution in [0.15, 0.2) is 36.4 Å². The molecule has 2 aromatic carbocycles. The van der Waals surface area contributed by atoms with E-state index in [1.54, 1.807) is 6.92 Å². The molecular weight excluding hydrogens is 362 g/mol. The minimum absolute atomic E-state index is 0.113. The SMILES string of the molecule is COC(=O)c1cc(O[C@@H](C)C(=O)Nc2cc(C)ccc2C)cc(C(=O)OC)c1. The fraction of sp³-hybridized carbons (Fsp3) is 0.286. The maximum atomic E-state index is 12.5. The normalized spacial score (nSPS) is 11.3. The quantitative estimate of drug-likeness (QED) is 0.768. The average Bonchev–Trinajstić information content (AvgIpc) is 2.68. The van der Waals surface area contributed by atoms with Gasteiger partial charge in [0.05, 0.1) is 25.3 Å². The molecule has 0 aliphatic carbocycles. The Hall–Kier alpha value is -3.35. The first-order valence-corrected chi connectivity index (χ1v) is 8.61. The number of hydrogen-bond donors (Lipinski definition) is 1. The Morgan fingerprint density at radius 2 is 1.46 bits per heavy atom. The van der Waals surface area contributed by atoms with E-state index in [-0.39, 0.29) is 22.8 Å². The molecule has 1 atom stereocenters. The second-order valence-electron chi connectivity index (χ2n) is 6.30. The third kappa shape index (κ3) is 5.09. The molecule has 0 spiro atoms. The number of benzene rings is 2. The fourth-order valence-corrected chi connectivity index (χ4v) is 2.50. The van der Waals surface area contributed by atoms with E-state index >= 15 is 0 Å². The van der Waals surface area contributed by atoms with Crippen LogP contribution in [0, 0.1) is 13.8 Å². The van der Waals surface area contributed by atoms with Crippen LogP contribution in [-0.4, -0.2) is 38.2 Å². The Kier molecular flexibility index (Phi) is 6.76. The molecule has 0 bridgehead atoms. The van der Waals surface area contributed by atoms with Gasteiger partial charge in [-0.25, -0.2) is 9.59 Å². The summed E-state index contributed by atoms with van der Waals surface area (Å²) in [6.07, 6.45) is -0.877. The molecule has 0 saturated heterocycles. The first-order valence-electron chi connectivity index (χ1n) is 8.61. The topological polar surface area (TPSA) is 90.9 Å². The van der Waals surface area contributed by atoms with E-state index < -0.39 is 18.0 Å². The smallest absolute Gasteiger partial charge is 0.338 e. The van der Waals surface area contributed by atoms with Crippen molar-refractivity contribution in [3.05, 3.63) is 58.7 Å². The summed E-state index contributed by atoms with van der Waals surface area (Å²) in [4.78, 5) is 36.2. The molecule has 0 heterocycles. The van der Waals surface area contributed by atoms with E-state index in [1.165, 1.54) is 32.4 Å². The zero-order valence-corrected chi connectivity index (χ0v) is 16.5. The van der Waals surface area contributed by atoms with Crippen LogP contribution in [0.1, 0.15) is 38.8 Å². The van der Waals surface area contributed by atoms with Gasteiger partial charge in [0.25, 0.3) is 5.91 Å². The largest absolute Gasteiger partial charge is 0.481 e. The van der Waals surface area contributed by atoms with Gasteiger partial charge in [0, 0.05) is 5.69 Å². The lowest BCUT2D eigenvalue weighted by Crippen LogP contribution is -2.30. The maximum Gasteiger partial charge on any atom is 0.338 e. The molecule has 0 aliphatic rings. The number of anilines is 1. The lowest BCUT2D eigenvalue weighted by atomic mass is 10.1. The minimum Gasteiger partial charge on any atom is -0.481 e. The number of nitrogens with one attached hydrogen (secondary N) is 1. The van der Waals surface area contributed by atoms with Crippen LogP contribution in [0.3, 0.4) is 0 Å². The van der Waals surface area contributed by atoms with Crippen LogP contribution in [-0.2, 0) is 14.3 Å². The molecule has 0 radical (unpaired) electrons. The predicted octanol–water partition coefficient (Wildman–Crippen LogP) is 3.28.